The molecule has 1 rings (SSSR count). The summed E-state index contributed by atoms with van der Waals surface area (Å²) >= 11 is 0. The average Bonchev–Trinajstić information content (AvgIpc) is 2.86. The topological polar surface area (TPSA) is 161 Å². The van der Waals surface area contributed by atoms with Crippen LogP contribution in [0.5, 0.6) is 11.5 Å². The Kier molecular flexibility index (Phi) is 14.2. The number of carboxylic acid groups (broad SMARTS) is 1. The van der Waals surface area contributed by atoms with E-state index in [9.17, 15) is 24.3 Å². The Bertz CT molecular complexity index is 932. The molecule has 0 aliphatic rings. The second-order valence-electron chi connectivity index (χ2n) is 9.48. The number of nitrogens with two attached hydrogens (primary N) is 1. The lowest BCUT2D eigenvalue weighted by Crippen LogP contribution is -2.42. The van der Waals surface area contributed by atoms with Crippen molar-refractivity contribution in [1.82, 2.24) is 0 Å². The van der Waals surface area contributed by atoms with Gasteiger partial charge in [-0.1, -0.05) is 40.7 Å². The zero-order valence-electron chi connectivity index (χ0n) is 23.1. The van der Waals surface area contributed by atoms with Crippen LogP contribution in [0.2, 0.25) is 0 Å². The predicted octanol–water partition coefficient (Wildman–Crippen LogP) is 5.04. The Hall–Kier alpha value is -3.34. The van der Waals surface area contributed by atoms with Crippen molar-refractivity contribution in [3.63, 3.8) is 0 Å². The van der Waals surface area contributed by atoms with E-state index in [1.165, 1.54) is 18.2 Å². The van der Waals surface area contributed by atoms with E-state index in [0.29, 0.717) is 30.7 Å². The van der Waals surface area contributed by atoms with Crippen LogP contribution in [-0.2, 0) is 23.8 Å². The third-order valence-electron chi connectivity index (χ3n) is 5.81. The van der Waals surface area contributed by atoms with Gasteiger partial charge >= 0.3 is 24.2 Å². The summed E-state index contributed by atoms with van der Waals surface area (Å²) in [6.45, 7) is 11.2. The largest absolute Gasteiger partial charge is 0.513 e. The van der Waals surface area contributed by atoms with Crippen molar-refractivity contribution in [2.45, 2.75) is 85.3 Å². The predicted molar refractivity (Wildman–Crippen MR) is 138 cm³/mol. The highest BCUT2D eigenvalue weighted by molar-refractivity contribution is 5.75. The minimum atomic E-state index is -1.39. The molecule has 0 radical (unpaired) electrons. The molecule has 0 aromatic heterocycles. The van der Waals surface area contributed by atoms with Crippen molar-refractivity contribution in [3.05, 3.63) is 23.8 Å². The van der Waals surface area contributed by atoms with Gasteiger partial charge < -0.3 is 34.5 Å². The van der Waals surface area contributed by atoms with E-state index in [1.807, 2.05) is 27.7 Å². The van der Waals surface area contributed by atoms with Crippen molar-refractivity contribution >= 4 is 24.2 Å². The Balaban J connectivity index is 3.34. The molecule has 0 aliphatic carbocycles. The molecule has 1 aromatic carbocycles. The highest BCUT2D eigenvalue weighted by Gasteiger charge is 2.36. The molecule has 38 heavy (non-hydrogen) atoms. The minimum absolute atomic E-state index is 0.108. The fraction of sp³-hybridized carbons (Fsp3) is 0.630. The second kappa shape index (κ2) is 16.5. The molecule has 0 saturated heterocycles. The fourth-order valence-electron chi connectivity index (χ4n) is 3.57. The van der Waals surface area contributed by atoms with Crippen LogP contribution < -0.4 is 15.2 Å². The van der Waals surface area contributed by atoms with Gasteiger partial charge in [0.1, 0.15) is 12.1 Å². The van der Waals surface area contributed by atoms with Gasteiger partial charge in [0.05, 0.1) is 13.2 Å². The van der Waals surface area contributed by atoms with Gasteiger partial charge in [-0.25, -0.2) is 9.59 Å². The Morgan fingerprint density at radius 3 is 1.95 bits per heavy atom. The number of rotatable bonds is 15. The molecule has 11 heteroatoms. The van der Waals surface area contributed by atoms with Crippen LogP contribution in [0.1, 0.15) is 78.7 Å². The first-order chi connectivity index (χ1) is 17.9. The van der Waals surface area contributed by atoms with Gasteiger partial charge in [-0.05, 0) is 49.8 Å². The molecule has 11 nitrogen and oxygen atoms in total. The second-order valence-corrected chi connectivity index (χ2v) is 9.48. The van der Waals surface area contributed by atoms with Crippen LogP contribution in [0.15, 0.2) is 18.2 Å². The summed E-state index contributed by atoms with van der Waals surface area (Å²) in [5.41, 5.74) is 6.44. The lowest BCUT2D eigenvalue weighted by atomic mass is 9.79. The molecule has 3 unspecified atom stereocenters. The zero-order chi connectivity index (χ0) is 28.8. The first kappa shape index (κ1) is 32.7. The quantitative estimate of drug-likeness (QED) is 0.174. The van der Waals surface area contributed by atoms with Gasteiger partial charge in [0.25, 0.3) is 0 Å². The van der Waals surface area contributed by atoms with E-state index in [-0.39, 0.29) is 31.1 Å². The number of hydrogen-bond acceptors (Lipinski definition) is 10. The normalized spacial score (nSPS) is 14.1. The van der Waals surface area contributed by atoms with Crippen molar-refractivity contribution in [3.8, 4) is 11.5 Å². The lowest BCUT2D eigenvalue weighted by molar-refractivity contribution is -0.151. The van der Waals surface area contributed by atoms with Gasteiger partial charge in [-0.15, -0.1) is 0 Å². The van der Waals surface area contributed by atoms with Crippen LogP contribution in [0.25, 0.3) is 0 Å². The molecule has 214 valence electrons. The number of benzene rings is 1. The maximum Gasteiger partial charge on any atom is 0.513 e. The van der Waals surface area contributed by atoms with Gasteiger partial charge in [0.15, 0.2) is 11.5 Å². The van der Waals surface area contributed by atoms with E-state index < -0.39 is 48.2 Å². The number of aliphatic carboxylic acids is 1. The molecule has 0 heterocycles. The molecule has 0 fully saturated rings. The zero-order valence-corrected chi connectivity index (χ0v) is 23.1. The summed E-state index contributed by atoms with van der Waals surface area (Å²) in [6.07, 6.45) is -0.673. The number of carbonyl (C=O) groups excluding carboxylic acids is 3. The highest BCUT2D eigenvalue weighted by atomic mass is 16.7. The lowest BCUT2D eigenvalue weighted by Gasteiger charge is -2.32. The molecule has 0 spiro atoms. The fourth-order valence-corrected chi connectivity index (χ4v) is 3.57. The molecule has 0 amide bonds. The van der Waals surface area contributed by atoms with Gasteiger partial charge in [-0.3, -0.25) is 9.59 Å². The summed E-state index contributed by atoms with van der Waals surface area (Å²) in [7, 11) is 0. The summed E-state index contributed by atoms with van der Waals surface area (Å²) in [5, 5.41) is 9.72. The van der Waals surface area contributed by atoms with E-state index in [0.717, 1.165) is 0 Å². The number of carbonyl (C=O) groups is 4. The third kappa shape index (κ3) is 11.0. The highest BCUT2D eigenvalue weighted by Crippen LogP contribution is 2.37. The first-order valence-corrected chi connectivity index (χ1v) is 12.9. The Labute approximate surface area is 223 Å². The Morgan fingerprint density at radius 2 is 1.45 bits per heavy atom. The average molecular weight is 540 g/mol. The monoisotopic (exact) mass is 539 g/mol. The number of ether oxygens (including phenoxy) is 5. The summed E-state index contributed by atoms with van der Waals surface area (Å²) in [5.74, 6) is -3.07. The van der Waals surface area contributed by atoms with Crippen LogP contribution in [0.3, 0.4) is 0 Å². The molecule has 1 aromatic rings. The van der Waals surface area contributed by atoms with Crippen LogP contribution in [0, 0.1) is 11.8 Å². The van der Waals surface area contributed by atoms with E-state index >= 15 is 0 Å². The summed E-state index contributed by atoms with van der Waals surface area (Å²) in [6, 6.07) is 2.82. The number of carboxylic acids is 1. The molecule has 3 N–H and O–H groups in total. The Morgan fingerprint density at radius 1 is 0.895 bits per heavy atom. The maximum atomic E-state index is 12.3. The number of hydrogen-bond donors (Lipinski definition) is 2. The number of esters is 1. The third-order valence-corrected chi connectivity index (χ3v) is 5.81. The molecule has 0 saturated carbocycles. The van der Waals surface area contributed by atoms with Crippen molar-refractivity contribution < 1.29 is 48.0 Å². The molecule has 4 atom stereocenters. The van der Waals surface area contributed by atoms with Gasteiger partial charge in [0.2, 0.25) is 0 Å². The summed E-state index contributed by atoms with van der Waals surface area (Å²) < 4.78 is 25.9. The van der Waals surface area contributed by atoms with Gasteiger partial charge in [-0.2, -0.15) is 0 Å². The molecular weight excluding hydrogens is 498 g/mol. The van der Waals surface area contributed by atoms with Crippen LogP contribution in [-0.4, -0.2) is 54.7 Å². The van der Waals surface area contributed by atoms with E-state index in [2.05, 4.69) is 0 Å². The van der Waals surface area contributed by atoms with E-state index in [1.54, 1.807) is 13.8 Å². The first-order valence-electron chi connectivity index (χ1n) is 12.9. The smallest absolute Gasteiger partial charge is 0.480 e. The van der Waals surface area contributed by atoms with E-state index in [4.69, 9.17) is 29.4 Å². The minimum Gasteiger partial charge on any atom is -0.480 e. The van der Waals surface area contributed by atoms with Gasteiger partial charge in [0, 0.05) is 18.3 Å². The molecular formula is C27H41NO10. The molecule has 0 bridgehead atoms. The van der Waals surface area contributed by atoms with Crippen molar-refractivity contribution in [1.29, 1.82) is 0 Å². The maximum absolute atomic E-state index is 12.3. The standard InChI is InChI=1S/C27H41NO10/c1-7-13-34-26(32)37-20-11-10-19(15-21(20)38-27(33)35-14-8-2)23(24(28)25(30)31)17(5)18(6)36-22(29)12-9-16(3)4/h10-11,15-18,23-24H,7-9,12-14,28H2,1-6H3,(H,30,31)/t17?,18?,23?,24-/m0/s1. The van der Waals surface area contributed by atoms with Crippen molar-refractivity contribution in [2.75, 3.05) is 13.2 Å². The van der Waals surface area contributed by atoms with Crippen LogP contribution in [0.4, 0.5) is 9.59 Å². The molecule has 0 aliphatic heterocycles. The van der Waals surface area contributed by atoms with Crippen molar-refractivity contribution in [2.24, 2.45) is 17.6 Å². The SMILES string of the molecule is CCCOC(=O)Oc1ccc(C(C(C)C(C)OC(=O)CCC(C)C)[C@H](N)C(=O)O)cc1OC(=O)OCCC. The summed E-state index contributed by atoms with van der Waals surface area (Å²) in [4.78, 5) is 48.4. The van der Waals surface area contributed by atoms with Crippen LogP contribution >= 0.6 is 0 Å².